The smallest absolute Gasteiger partial charge is 0.0912 e. The summed E-state index contributed by atoms with van der Waals surface area (Å²) in [6.07, 6.45) is 22.1. The van der Waals surface area contributed by atoms with Gasteiger partial charge in [0.2, 0.25) is 0 Å². The molecule has 0 aromatic heterocycles. The molecule has 1 aromatic rings. The quantitative estimate of drug-likeness (QED) is 0.324. The zero-order valence-corrected chi connectivity index (χ0v) is 16.5. The average Bonchev–Trinajstić information content (AvgIpc) is 2.69. The van der Waals surface area contributed by atoms with Crippen molar-refractivity contribution in [3.05, 3.63) is 59.7 Å². The van der Waals surface area contributed by atoms with E-state index in [1.54, 1.807) is 0 Å². The summed E-state index contributed by atoms with van der Waals surface area (Å²) in [5.41, 5.74) is 3.01. The van der Waals surface area contributed by atoms with Gasteiger partial charge in [-0.1, -0.05) is 81.5 Å². The van der Waals surface area contributed by atoms with Crippen LogP contribution < -0.4 is 0 Å². The number of nitrogens with zero attached hydrogens (tertiary/aromatic N) is 1. The number of hydrogen-bond acceptors (Lipinski definition) is 1. The van der Waals surface area contributed by atoms with Crippen LogP contribution in [0, 0.1) is 23.2 Å². The molecule has 2 rings (SSSR count). The molecule has 0 spiro atoms. The minimum Gasteiger partial charge on any atom is -0.193 e. The van der Waals surface area contributed by atoms with Gasteiger partial charge in [-0.05, 0) is 61.5 Å². The summed E-state index contributed by atoms with van der Waals surface area (Å²) in [7, 11) is 0. The standard InChI is InChI=1S/C25H35N/c1-2-3-9-22-11-15-24(16-12-22)19-20-25-17-13-23(14-18-25)10-7-5-4-6-8-21-26/h4-6,8,11-12,15-16,23,25H,2-3,7,9-10,13-14,17-20H2,1H3. The molecule has 0 amide bonds. The van der Waals surface area contributed by atoms with Crippen LogP contribution >= 0.6 is 0 Å². The van der Waals surface area contributed by atoms with Crippen molar-refractivity contribution in [2.75, 3.05) is 0 Å². The van der Waals surface area contributed by atoms with Gasteiger partial charge in [0.15, 0.2) is 0 Å². The summed E-state index contributed by atoms with van der Waals surface area (Å²) in [4.78, 5) is 0. The fourth-order valence-corrected chi connectivity index (χ4v) is 4.04. The lowest BCUT2D eigenvalue weighted by Crippen LogP contribution is -2.15. The number of rotatable bonds is 10. The van der Waals surface area contributed by atoms with Gasteiger partial charge in [0, 0.05) is 6.08 Å². The van der Waals surface area contributed by atoms with Gasteiger partial charge in [0.1, 0.15) is 0 Å². The Morgan fingerprint density at radius 1 is 0.923 bits per heavy atom. The van der Waals surface area contributed by atoms with Gasteiger partial charge in [-0.3, -0.25) is 0 Å². The number of hydrogen-bond donors (Lipinski definition) is 0. The van der Waals surface area contributed by atoms with Crippen molar-refractivity contribution < 1.29 is 0 Å². The van der Waals surface area contributed by atoms with E-state index in [0.29, 0.717) is 0 Å². The molecule has 0 heterocycles. The van der Waals surface area contributed by atoms with Crippen molar-refractivity contribution in [2.45, 2.75) is 77.6 Å². The fourth-order valence-electron chi connectivity index (χ4n) is 4.04. The Morgan fingerprint density at radius 2 is 1.54 bits per heavy atom. The van der Waals surface area contributed by atoms with Gasteiger partial charge in [0.05, 0.1) is 6.07 Å². The lowest BCUT2D eigenvalue weighted by molar-refractivity contribution is 0.254. The molecule has 0 aliphatic heterocycles. The van der Waals surface area contributed by atoms with Crippen LogP contribution in [0.2, 0.25) is 0 Å². The van der Waals surface area contributed by atoms with E-state index in [2.05, 4.69) is 37.3 Å². The highest BCUT2D eigenvalue weighted by Gasteiger charge is 2.20. The zero-order chi connectivity index (χ0) is 18.5. The van der Waals surface area contributed by atoms with Crippen LogP contribution in [0.15, 0.2) is 48.6 Å². The summed E-state index contributed by atoms with van der Waals surface area (Å²) < 4.78 is 0. The van der Waals surface area contributed by atoms with Crippen LogP contribution in [0.3, 0.4) is 0 Å². The molecule has 1 saturated carbocycles. The molecule has 26 heavy (non-hydrogen) atoms. The second-order valence-electron chi connectivity index (χ2n) is 7.84. The summed E-state index contributed by atoms with van der Waals surface area (Å²) in [5, 5.41) is 8.44. The van der Waals surface area contributed by atoms with E-state index in [-0.39, 0.29) is 0 Å². The number of unbranched alkanes of at least 4 members (excludes halogenated alkanes) is 1. The maximum absolute atomic E-state index is 8.44. The summed E-state index contributed by atoms with van der Waals surface area (Å²) in [5.74, 6) is 1.84. The SMILES string of the molecule is CCCCc1ccc(CCC2CCC(CCC=CC=CC#N)CC2)cc1. The molecule has 1 aliphatic rings. The first-order chi connectivity index (χ1) is 12.8. The van der Waals surface area contributed by atoms with Crippen LogP contribution in [-0.2, 0) is 12.8 Å². The Balaban J connectivity index is 1.60. The normalized spacial score (nSPS) is 20.6. The van der Waals surface area contributed by atoms with Gasteiger partial charge in [-0.15, -0.1) is 0 Å². The lowest BCUT2D eigenvalue weighted by atomic mass is 9.78. The molecule has 1 aromatic carbocycles. The molecule has 1 nitrogen and oxygen atoms in total. The molecule has 1 heteroatoms. The second-order valence-corrected chi connectivity index (χ2v) is 7.84. The van der Waals surface area contributed by atoms with Gasteiger partial charge in [-0.2, -0.15) is 5.26 Å². The Hall–Kier alpha value is -1.81. The second kappa shape index (κ2) is 12.5. The topological polar surface area (TPSA) is 23.8 Å². The van der Waals surface area contributed by atoms with E-state index >= 15 is 0 Å². The predicted octanol–water partition coefficient (Wildman–Crippen LogP) is 7.18. The van der Waals surface area contributed by atoms with Crippen molar-refractivity contribution in [3.8, 4) is 6.07 Å². The lowest BCUT2D eigenvalue weighted by Gasteiger charge is -2.28. The maximum Gasteiger partial charge on any atom is 0.0912 e. The third-order valence-corrected chi connectivity index (χ3v) is 5.81. The minimum absolute atomic E-state index is 0.911. The molecule has 0 saturated heterocycles. The Morgan fingerprint density at radius 3 is 2.15 bits per heavy atom. The largest absolute Gasteiger partial charge is 0.193 e. The van der Waals surface area contributed by atoms with Gasteiger partial charge in [-0.25, -0.2) is 0 Å². The summed E-state index contributed by atoms with van der Waals surface area (Å²) in [6.45, 7) is 2.26. The molecule has 0 atom stereocenters. The maximum atomic E-state index is 8.44. The van der Waals surface area contributed by atoms with Gasteiger partial charge in [0.25, 0.3) is 0 Å². The van der Waals surface area contributed by atoms with E-state index < -0.39 is 0 Å². The van der Waals surface area contributed by atoms with E-state index in [9.17, 15) is 0 Å². The van der Waals surface area contributed by atoms with Crippen LogP contribution in [0.4, 0.5) is 0 Å². The minimum atomic E-state index is 0.911. The zero-order valence-electron chi connectivity index (χ0n) is 16.5. The third-order valence-electron chi connectivity index (χ3n) is 5.81. The van der Waals surface area contributed by atoms with Crippen molar-refractivity contribution in [3.63, 3.8) is 0 Å². The van der Waals surface area contributed by atoms with E-state index in [0.717, 1.165) is 18.3 Å². The number of aryl methyl sites for hydroxylation is 2. The van der Waals surface area contributed by atoms with Gasteiger partial charge >= 0.3 is 0 Å². The number of nitriles is 1. The highest BCUT2D eigenvalue weighted by atomic mass is 14.3. The van der Waals surface area contributed by atoms with Crippen molar-refractivity contribution >= 4 is 0 Å². The number of benzene rings is 1. The molecule has 0 radical (unpaired) electrons. The highest BCUT2D eigenvalue weighted by Crippen LogP contribution is 2.34. The van der Waals surface area contributed by atoms with Gasteiger partial charge < -0.3 is 0 Å². The van der Waals surface area contributed by atoms with Crippen LogP contribution in [0.5, 0.6) is 0 Å². The molecule has 0 N–H and O–H groups in total. The van der Waals surface area contributed by atoms with Crippen LogP contribution in [0.25, 0.3) is 0 Å². The Kier molecular flexibility index (Phi) is 9.88. The van der Waals surface area contributed by atoms with Crippen LogP contribution in [0.1, 0.15) is 75.8 Å². The predicted molar refractivity (Wildman–Crippen MR) is 112 cm³/mol. The Bertz CT molecular complexity index is 580. The van der Waals surface area contributed by atoms with Crippen molar-refractivity contribution in [2.24, 2.45) is 11.8 Å². The van der Waals surface area contributed by atoms with Crippen LogP contribution in [-0.4, -0.2) is 0 Å². The molecule has 1 fully saturated rings. The average molecular weight is 350 g/mol. The Labute approximate surface area is 160 Å². The summed E-state index contributed by atoms with van der Waals surface area (Å²) >= 11 is 0. The summed E-state index contributed by atoms with van der Waals surface area (Å²) in [6, 6.07) is 11.4. The van der Waals surface area contributed by atoms with E-state index in [4.69, 9.17) is 5.26 Å². The van der Waals surface area contributed by atoms with Crippen molar-refractivity contribution in [1.29, 1.82) is 5.26 Å². The molecule has 0 bridgehead atoms. The first-order valence-electron chi connectivity index (χ1n) is 10.6. The molecular weight excluding hydrogens is 314 g/mol. The van der Waals surface area contributed by atoms with E-state index in [1.807, 2.05) is 18.2 Å². The molecule has 140 valence electrons. The first-order valence-corrected chi connectivity index (χ1v) is 10.6. The third kappa shape index (κ3) is 8.05. The van der Waals surface area contributed by atoms with Crippen molar-refractivity contribution in [1.82, 2.24) is 0 Å². The van der Waals surface area contributed by atoms with E-state index in [1.165, 1.54) is 81.4 Å². The first kappa shape index (κ1) is 20.5. The number of allylic oxidation sites excluding steroid dienone is 4. The molecular formula is C25H35N. The monoisotopic (exact) mass is 349 g/mol. The molecule has 1 aliphatic carbocycles. The highest BCUT2D eigenvalue weighted by molar-refractivity contribution is 5.22. The molecule has 0 unspecified atom stereocenters. The fraction of sp³-hybridized carbons (Fsp3) is 0.560.